The minimum absolute atomic E-state index is 0.0278. The Bertz CT molecular complexity index is 1280. The quantitative estimate of drug-likeness (QED) is 0.362. The van der Waals surface area contributed by atoms with E-state index in [9.17, 15) is 13.2 Å². The summed E-state index contributed by atoms with van der Waals surface area (Å²) < 4.78 is 49.1. The molecule has 1 amide bonds. The lowest BCUT2D eigenvalue weighted by molar-refractivity contribution is -0.113. The molecule has 3 aromatic carbocycles. The van der Waals surface area contributed by atoms with Crippen LogP contribution in [0.1, 0.15) is 0 Å². The van der Waals surface area contributed by atoms with Crippen molar-refractivity contribution in [2.75, 3.05) is 44.2 Å². The van der Waals surface area contributed by atoms with Gasteiger partial charge in [-0.2, -0.15) is 0 Å². The van der Waals surface area contributed by atoms with Gasteiger partial charge in [-0.05, 0) is 54.6 Å². The van der Waals surface area contributed by atoms with Crippen LogP contribution < -0.4 is 29.0 Å². The van der Waals surface area contributed by atoms with Gasteiger partial charge in [-0.15, -0.1) is 11.8 Å². The van der Waals surface area contributed by atoms with Crippen molar-refractivity contribution >= 4 is 39.1 Å². The van der Waals surface area contributed by atoms with Crippen LogP contribution in [0, 0.1) is 0 Å². The zero-order valence-electron chi connectivity index (χ0n) is 19.7. The third-order valence-electron chi connectivity index (χ3n) is 4.82. The molecule has 0 bridgehead atoms. The summed E-state index contributed by atoms with van der Waals surface area (Å²) >= 11 is 1.34. The lowest BCUT2D eigenvalue weighted by atomic mass is 10.3. The van der Waals surface area contributed by atoms with Crippen LogP contribution in [-0.2, 0) is 14.8 Å². The van der Waals surface area contributed by atoms with Gasteiger partial charge in [-0.25, -0.2) is 8.42 Å². The maximum absolute atomic E-state index is 12.8. The molecule has 0 spiro atoms. The highest BCUT2D eigenvalue weighted by molar-refractivity contribution is 8.00. The molecular formula is C24H26N2O7S2. The Morgan fingerprint density at radius 3 is 2.09 bits per heavy atom. The zero-order chi connectivity index (χ0) is 25.4. The van der Waals surface area contributed by atoms with Gasteiger partial charge in [0, 0.05) is 16.6 Å². The highest BCUT2D eigenvalue weighted by atomic mass is 32.2. The number of hydrogen-bond donors (Lipinski definition) is 2. The standard InChI is InChI=1S/C24H26N2O7S2/c1-30-17-7-11-21(31-2)20(13-17)26-35(28,29)19-9-5-16(6-10-19)25-24(27)15-34-18-8-12-22(32-3)23(14-18)33-4/h5-14,26H,15H2,1-4H3,(H,25,27). The molecule has 0 saturated heterocycles. The van der Waals surface area contributed by atoms with Crippen molar-refractivity contribution in [3.05, 3.63) is 60.7 Å². The van der Waals surface area contributed by atoms with E-state index in [-0.39, 0.29) is 22.2 Å². The third kappa shape index (κ3) is 6.74. The van der Waals surface area contributed by atoms with Gasteiger partial charge in [0.05, 0.1) is 44.8 Å². The van der Waals surface area contributed by atoms with E-state index in [0.29, 0.717) is 28.7 Å². The fraction of sp³-hybridized carbons (Fsp3) is 0.208. The molecule has 0 heterocycles. The molecular weight excluding hydrogens is 492 g/mol. The number of benzene rings is 3. The van der Waals surface area contributed by atoms with E-state index in [0.717, 1.165) is 4.90 Å². The van der Waals surface area contributed by atoms with Gasteiger partial charge in [0.25, 0.3) is 10.0 Å². The molecule has 9 nitrogen and oxygen atoms in total. The van der Waals surface area contributed by atoms with Crippen molar-refractivity contribution < 1.29 is 32.2 Å². The Kier molecular flexibility index (Phi) is 8.72. The molecule has 3 aromatic rings. The van der Waals surface area contributed by atoms with Crippen LogP contribution in [0.25, 0.3) is 0 Å². The van der Waals surface area contributed by atoms with Crippen LogP contribution in [0.5, 0.6) is 23.0 Å². The maximum atomic E-state index is 12.8. The molecule has 2 N–H and O–H groups in total. The van der Waals surface area contributed by atoms with E-state index in [4.69, 9.17) is 18.9 Å². The van der Waals surface area contributed by atoms with Gasteiger partial charge in [0.15, 0.2) is 11.5 Å². The van der Waals surface area contributed by atoms with Crippen molar-refractivity contribution in [2.24, 2.45) is 0 Å². The fourth-order valence-corrected chi connectivity index (χ4v) is 4.85. The average Bonchev–Trinajstić information content (AvgIpc) is 2.87. The lowest BCUT2D eigenvalue weighted by Crippen LogP contribution is -2.15. The van der Waals surface area contributed by atoms with Crippen molar-refractivity contribution in [1.82, 2.24) is 0 Å². The molecule has 0 aliphatic heterocycles. The number of rotatable bonds is 11. The normalized spacial score (nSPS) is 10.9. The van der Waals surface area contributed by atoms with Crippen LogP contribution in [0.15, 0.2) is 70.5 Å². The van der Waals surface area contributed by atoms with Gasteiger partial charge in [-0.3, -0.25) is 9.52 Å². The zero-order valence-corrected chi connectivity index (χ0v) is 21.3. The lowest BCUT2D eigenvalue weighted by Gasteiger charge is -2.13. The largest absolute Gasteiger partial charge is 0.497 e. The Hall–Kier alpha value is -3.57. The molecule has 0 aromatic heterocycles. The number of amides is 1. The number of hydrogen-bond acceptors (Lipinski definition) is 8. The molecule has 186 valence electrons. The SMILES string of the molecule is COc1ccc(OC)c(NS(=O)(=O)c2ccc(NC(=O)CSc3ccc(OC)c(OC)c3)cc2)c1. The maximum Gasteiger partial charge on any atom is 0.262 e. The minimum Gasteiger partial charge on any atom is -0.497 e. The summed E-state index contributed by atoms with van der Waals surface area (Å²) in [5.74, 6) is 1.94. The van der Waals surface area contributed by atoms with Crippen molar-refractivity contribution in [2.45, 2.75) is 9.79 Å². The van der Waals surface area contributed by atoms with Crippen molar-refractivity contribution in [3.63, 3.8) is 0 Å². The van der Waals surface area contributed by atoms with Gasteiger partial charge < -0.3 is 24.3 Å². The highest BCUT2D eigenvalue weighted by Gasteiger charge is 2.17. The summed E-state index contributed by atoms with van der Waals surface area (Å²) in [6.45, 7) is 0. The molecule has 3 rings (SSSR count). The van der Waals surface area contributed by atoms with Crippen LogP contribution >= 0.6 is 11.8 Å². The van der Waals surface area contributed by atoms with Gasteiger partial charge in [-0.1, -0.05) is 0 Å². The second-order valence-electron chi connectivity index (χ2n) is 7.05. The van der Waals surface area contributed by atoms with E-state index in [1.165, 1.54) is 56.3 Å². The number of anilines is 2. The van der Waals surface area contributed by atoms with E-state index >= 15 is 0 Å². The first kappa shape index (κ1) is 26.0. The molecule has 0 saturated carbocycles. The number of carbonyl (C=O) groups is 1. The Balaban J connectivity index is 1.63. The molecule has 0 atom stereocenters. The predicted octanol–water partition coefficient (Wildman–Crippen LogP) is 4.25. The van der Waals surface area contributed by atoms with Crippen LogP contribution in [0.4, 0.5) is 11.4 Å². The van der Waals surface area contributed by atoms with Gasteiger partial charge in [0.2, 0.25) is 5.91 Å². The Labute approximate surface area is 208 Å². The average molecular weight is 519 g/mol. The summed E-state index contributed by atoms with van der Waals surface area (Å²) in [5.41, 5.74) is 0.720. The molecule has 0 unspecified atom stereocenters. The van der Waals surface area contributed by atoms with Crippen LogP contribution in [0.3, 0.4) is 0 Å². The highest BCUT2D eigenvalue weighted by Crippen LogP contribution is 2.32. The molecule has 0 aliphatic rings. The Morgan fingerprint density at radius 2 is 1.46 bits per heavy atom. The van der Waals surface area contributed by atoms with Crippen molar-refractivity contribution in [1.29, 1.82) is 0 Å². The molecule has 0 radical (unpaired) electrons. The number of nitrogens with one attached hydrogen (secondary N) is 2. The van der Waals surface area contributed by atoms with Gasteiger partial charge >= 0.3 is 0 Å². The third-order valence-corrected chi connectivity index (χ3v) is 7.20. The first-order valence-electron chi connectivity index (χ1n) is 10.3. The summed E-state index contributed by atoms with van der Waals surface area (Å²) in [4.78, 5) is 13.2. The predicted molar refractivity (Wildman–Crippen MR) is 136 cm³/mol. The number of carbonyl (C=O) groups excluding carboxylic acids is 1. The topological polar surface area (TPSA) is 112 Å². The molecule has 0 fully saturated rings. The summed E-state index contributed by atoms with van der Waals surface area (Å²) in [6, 6.07) is 16.1. The first-order valence-corrected chi connectivity index (χ1v) is 12.8. The summed E-state index contributed by atoms with van der Waals surface area (Å²) in [7, 11) is 2.13. The minimum atomic E-state index is -3.90. The smallest absolute Gasteiger partial charge is 0.262 e. The first-order chi connectivity index (χ1) is 16.8. The monoisotopic (exact) mass is 518 g/mol. The summed E-state index contributed by atoms with van der Waals surface area (Å²) in [6.07, 6.45) is 0. The number of sulfonamides is 1. The van der Waals surface area contributed by atoms with E-state index in [2.05, 4.69) is 10.0 Å². The van der Waals surface area contributed by atoms with Crippen molar-refractivity contribution in [3.8, 4) is 23.0 Å². The molecule has 11 heteroatoms. The number of thioether (sulfide) groups is 1. The van der Waals surface area contributed by atoms with Crippen LogP contribution in [-0.4, -0.2) is 48.5 Å². The molecule has 0 aliphatic carbocycles. The van der Waals surface area contributed by atoms with E-state index < -0.39 is 10.0 Å². The Morgan fingerprint density at radius 1 is 0.800 bits per heavy atom. The van der Waals surface area contributed by atoms with Crippen LogP contribution in [0.2, 0.25) is 0 Å². The van der Waals surface area contributed by atoms with E-state index in [1.807, 2.05) is 6.07 Å². The van der Waals surface area contributed by atoms with E-state index in [1.54, 1.807) is 38.5 Å². The summed E-state index contributed by atoms with van der Waals surface area (Å²) in [5, 5.41) is 2.76. The number of ether oxygens (including phenoxy) is 4. The fourth-order valence-electron chi connectivity index (χ4n) is 3.07. The second kappa shape index (κ2) is 11.7. The second-order valence-corrected chi connectivity index (χ2v) is 9.78. The molecule has 35 heavy (non-hydrogen) atoms. The number of methoxy groups -OCH3 is 4. The van der Waals surface area contributed by atoms with Gasteiger partial charge in [0.1, 0.15) is 11.5 Å².